The monoisotopic (exact) mass is 475 g/mol. The van der Waals surface area contributed by atoms with Gasteiger partial charge in [-0.1, -0.05) is 43.7 Å². The number of nitrogens with zero attached hydrogens (tertiary/aromatic N) is 5. The lowest BCUT2D eigenvalue weighted by atomic mass is 10.2. The average molecular weight is 476 g/mol. The number of aryl methyl sites for hydroxylation is 1. The summed E-state index contributed by atoms with van der Waals surface area (Å²) in [4.78, 5) is 17.8. The van der Waals surface area contributed by atoms with Crippen molar-refractivity contribution in [2.75, 3.05) is 7.11 Å². The highest BCUT2D eigenvalue weighted by Gasteiger charge is 2.17. The highest BCUT2D eigenvalue weighted by Crippen LogP contribution is 2.27. The second-order valence-electron chi connectivity index (χ2n) is 7.96. The molecular weight excluding hydrogens is 450 g/mol. The minimum absolute atomic E-state index is 0.0243. The molecule has 0 spiro atoms. The Balaban J connectivity index is 1.44. The largest absolute Gasteiger partial charge is 0.497 e. The molecule has 0 unspecified atom stereocenters. The third-order valence-corrected chi connectivity index (χ3v) is 6.66. The SMILES string of the molecule is CCCCCn1c(=O)c2ccccc2n2c(SCc3coc(-c4ccc(OC)cc4)n3)nnc12. The van der Waals surface area contributed by atoms with Gasteiger partial charge < -0.3 is 9.15 Å². The molecule has 3 aromatic heterocycles. The summed E-state index contributed by atoms with van der Waals surface area (Å²) >= 11 is 1.51. The molecule has 0 aliphatic heterocycles. The molecule has 0 fully saturated rings. The summed E-state index contributed by atoms with van der Waals surface area (Å²) in [6, 6.07) is 15.2. The Bertz CT molecular complexity index is 1490. The molecule has 34 heavy (non-hydrogen) atoms. The lowest BCUT2D eigenvalue weighted by Crippen LogP contribution is -2.23. The molecule has 0 aliphatic rings. The number of fused-ring (bicyclic) bond motifs is 3. The van der Waals surface area contributed by atoms with Crippen LogP contribution in [0.15, 0.2) is 69.2 Å². The van der Waals surface area contributed by atoms with E-state index < -0.39 is 0 Å². The van der Waals surface area contributed by atoms with Gasteiger partial charge in [-0.15, -0.1) is 10.2 Å². The number of oxazole rings is 1. The van der Waals surface area contributed by atoms with Crippen molar-refractivity contribution in [3.8, 4) is 17.2 Å². The van der Waals surface area contributed by atoms with E-state index in [1.807, 2.05) is 52.9 Å². The number of para-hydroxylation sites is 1. The van der Waals surface area contributed by atoms with E-state index in [0.29, 0.717) is 34.5 Å². The Morgan fingerprint density at radius 2 is 1.88 bits per heavy atom. The summed E-state index contributed by atoms with van der Waals surface area (Å²) < 4.78 is 14.6. The first kappa shape index (κ1) is 22.2. The van der Waals surface area contributed by atoms with Gasteiger partial charge in [0.1, 0.15) is 12.0 Å². The highest BCUT2D eigenvalue weighted by atomic mass is 32.2. The minimum atomic E-state index is -0.0243. The van der Waals surface area contributed by atoms with Crippen LogP contribution in [0.5, 0.6) is 5.75 Å². The molecule has 9 heteroatoms. The van der Waals surface area contributed by atoms with Crippen molar-refractivity contribution in [2.24, 2.45) is 0 Å². The van der Waals surface area contributed by atoms with Crippen LogP contribution in [0.25, 0.3) is 28.1 Å². The van der Waals surface area contributed by atoms with Gasteiger partial charge in [0.15, 0.2) is 5.16 Å². The van der Waals surface area contributed by atoms with Crippen LogP contribution in [0.3, 0.4) is 0 Å². The fourth-order valence-corrected chi connectivity index (χ4v) is 4.74. The third kappa shape index (κ3) is 4.19. The maximum Gasteiger partial charge on any atom is 0.262 e. The molecule has 0 N–H and O–H groups in total. The lowest BCUT2D eigenvalue weighted by Gasteiger charge is -2.10. The predicted octanol–water partition coefficient (Wildman–Crippen LogP) is 5.19. The Kier molecular flexibility index (Phi) is 6.35. The van der Waals surface area contributed by atoms with E-state index in [2.05, 4.69) is 22.1 Å². The van der Waals surface area contributed by atoms with Gasteiger partial charge in [-0.25, -0.2) is 4.98 Å². The van der Waals surface area contributed by atoms with Gasteiger partial charge in [0.25, 0.3) is 5.56 Å². The number of rotatable bonds is 9. The highest BCUT2D eigenvalue weighted by molar-refractivity contribution is 7.98. The normalized spacial score (nSPS) is 11.5. The molecule has 0 aliphatic carbocycles. The smallest absolute Gasteiger partial charge is 0.262 e. The fourth-order valence-electron chi connectivity index (χ4n) is 3.93. The van der Waals surface area contributed by atoms with Crippen LogP contribution in [-0.4, -0.2) is 31.3 Å². The number of methoxy groups -OCH3 is 1. The van der Waals surface area contributed by atoms with Crippen LogP contribution < -0.4 is 10.3 Å². The first-order valence-electron chi connectivity index (χ1n) is 11.3. The Morgan fingerprint density at radius 1 is 1.06 bits per heavy atom. The Morgan fingerprint density at radius 3 is 2.68 bits per heavy atom. The molecule has 0 radical (unpaired) electrons. The summed E-state index contributed by atoms with van der Waals surface area (Å²) in [5.74, 6) is 2.47. The van der Waals surface area contributed by atoms with Crippen LogP contribution in [0.1, 0.15) is 31.9 Å². The molecule has 0 bridgehead atoms. The van der Waals surface area contributed by atoms with Gasteiger partial charge in [0.05, 0.1) is 23.7 Å². The molecule has 0 atom stereocenters. The molecule has 0 saturated carbocycles. The molecule has 3 heterocycles. The molecule has 5 aromatic rings. The molecule has 0 saturated heterocycles. The Labute approximate surface area is 200 Å². The van der Waals surface area contributed by atoms with Crippen molar-refractivity contribution in [2.45, 2.75) is 43.6 Å². The van der Waals surface area contributed by atoms with Crippen molar-refractivity contribution in [1.29, 1.82) is 0 Å². The van der Waals surface area contributed by atoms with E-state index in [-0.39, 0.29) is 5.56 Å². The maximum atomic E-state index is 13.1. The van der Waals surface area contributed by atoms with E-state index >= 15 is 0 Å². The number of ether oxygens (including phenoxy) is 1. The third-order valence-electron chi connectivity index (χ3n) is 5.70. The van der Waals surface area contributed by atoms with E-state index in [9.17, 15) is 4.79 Å². The number of hydrogen-bond acceptors (Lipinski definition) is 7. The molecule has 8 nitrogen and oxygen atoms in total. The van der Waals surface area contributed by atoms with Crippen molar-refractivity contribution in [3.05, 3.63) is 70.8 Å². The summed E-state index contributed by atoms with van der Waals surface area (Å²) in [7, 11) is 1.64. The molecule has 2 aromatic carbocycles. The fraction of sp³-hybridized carbons (Fsp3) is 0.280. The van der Waals surface area contributed by atoms with Gasteiger partial charge in [0.2, 0.25) is 11.7 Å². The quantitative estimate of drug-likeness (QED) is 0.214. The second kappa shape index (κ2) is 9.72. The van der Waals surface area contributed by atoms with E-state index in [4.69, 9.17) is 9.15 Å². The zero-order valence-corrected chi connectivity index (χ0v) is 19.9. The minimum Gasteiger partial charge on any atom is -0.497 e. The zero-order chi connectivity index (χ0) is 23.5. The van der Waals surface area contributed by atoms with Crippen molar-refractivity contribution in [3.63, 3.8) is 0 Å². The number of benzene rings is 2. The predicted molar refractivity (Wildman–Crippen MR) is 132 cm³/mol. The summed E-state index contributed by atoms with van der Waals surface area (Å²) in [5.41, 5.74) is 2.46. The number of hydrogen-bond donors (Lipinski definition) is 0. The number of unbranched alkanes of at least 4 members (excludes halogenated alkanes) is 2. The lowest BCUT2D eigenvalue weighted by molar-refractivity contribution is 0.415. The summed E-state index contributed by atoms with van der Waals surface area (Å²) in [6.45, 7) is 2.77. The van der Waals surface area contributed by atoms with Gasteiger partial charge in [0, 0.05) is 17.9 Å². The first-order chi connectivity index (χ1) is 16.7. The van der Waals surface area contributed by atoms with Crippen LogP contribution >= 0.6 is 11.8 Å². The zero-order valence-electron chi connectivity index (χ0n) is 19.1. The van der Waals surface area contributed by atoms with Crippen LogP contribution in [0.2, 0.25) is 0 Å². The van der Waals surface area contributed by atoms with E-state index in [1.54, 1.807) is 17.9 Å². The standard InChI is InChI=1S/C25H25N5O3S/c1-3-4-7-14-29-23(31)20-8-5-6-9-21(20)30-24(29)27-28-25(30)34-16-18-15-33-22(26-18)17-10-12-19(32-2)13-11-17/h5-6,8-13,15H,3-4,7,14,16H2,1-2H3. The Hall–Kier alpha value is -3.59. The molecular formula is C25H25N5O3S. The van der Waals surface area contributed by atoms with Crippen molar-refractivity contribution >= 4 is 28.4 Å². The number of thioether (sulfide) groups is 1. The molecule has 5 rings (SSSR count). The van der Waals surface area contributed by atoms with Crippen LogP contribution in [0.4, 0.5) is 0 Å². The van der Waals surface area contributed by atoms with E-state index in [0.717, 1.165) is 41.8 Å². The van der Waals surface area contributed by atoms with Crippen molar-refractivity contribution in [1.82, 2.24) is 24.1 Å². The van der Waals surface area contributed by atoms with Gasteiger partial charge in [-0.05, 0) is 42.8 Å². The van der Waals surface area contributed by atoms with Gasteiger partial charge in [-0.3, -0.25) is 13.8 Å². The number of aromatic nitrogens is 5. The summed E-state index contributed by atoms with van der Waals surface area (Å²) in [5, 5.41) is 10.2. The van der Waals surface area contributed by atoms with Crippen LogP contribution in [0, 0.1) is 0 Å². The maximum absolute atomic E-state index is 13.1. The second-order valence-corrected chi connectivity index (χ2v) is 8.90. The van der Waals surface area contributed by atoms with Crippen LogP contribution in [-0.2, 0) is 12.3 Å². The molecule has 174 valence electrons. The first-order valence-corrected chi connectivity index (χ1v) is 12.3. The topological polar surface area (TPSA) is 87.5 Å². The summed E-state index contributed by atoms with van der Waals surface area (Å²) in [6.07, 6.45) is 4.73. The molecule has 0 amide bonds. The van der Waals surface area contributed by atoms with E-state index in [1.165, 1.54) is 11.8 Å². The van der Waals surface area contributed by atoms with Gasteiger partial charge in [-0.2, -0.15) is 0 Å². The van der Waals surface area contributed by atoms with Crippen molar-refractivity contribution < 1.29 is 9.15 Å². The average Bonchev–Trinajstić information content (AvgIpc) is 3.52. The van der Waals surface area contributed by atoms with Gasteiger partial charge >= 0.3 is 0 Å².